The fraction of sp³-hybridized carbons (Fsp3) is 0.107. The third-order valence-electron chi connectivity index (χ3n) is 6.28. The Morgan fingerprint density at radius 3 is 2.31 bits per heavy atom. The van der Waals surface area contributed by atoms with Crippen molar-refractivity contribution in [3.05, 3.63) is 104 Å². The summed E-state index contributed by atoms with van der Waals surface area (Å²) < 4.78 is 1.62. The lowest BCUT2D eigenvalue weighted by Crippen LogP contribution is -2.22. The number of carbonyl (C=O) groups excluding carboxylic acids is 1. The molecule has 0 aliphatic heterocycles. The van der Waals surface area contributed by atoms with Crippen LogP contribution >= 0.6 is 34.5 Å². The molecule has 0 atom stereocenters. The van der Waals surface area contributed by atoms with E-state index in [0.29, 0.717) is 44.4 Å². The number of carbonyl (C=O) groups is 1. The zero-order valence-electron chi connectivity index (χ0n) is 18.9. The van der Waals surface area contributed by atoms with Gasteiger partial charge >= 0.3 is 0 Å². The van der Waals surface area contributed by atoms with Gasteiger partial charge in [0.2, 0.25) is 0 Å². The van der Waals surface area contributed by atoms with Crippen LogP contribution in [0.1, 0.15) is 28.8 Å². The summed E-state index contributed by atoms with van der Waals surface area (Å²) in [7, 11) is 0. The third kappa shape index (κ3) is 4.01. The highest BCUT2D eigenvalue weighted by molar-refractivity contribution is 7.20. The summed E-state index contributed by atoms with van der Waals surface area (Å²) >= 11 is 13.6. The number of hydrogen-bond donors (Lipinski definition) is 1. The largest absolute Gasteiger partial charge is 0.347 e. The van der Waals surface area contributed by atoms with Crippen molar-refractivity contribution in [3.8, 4) is 16.4 Å². The molecule has 2 heterocycles. The summed E-state index contributed by atoms with van der Waals surface area (Å²) in [6, 6.07) is 21.8. The highest BCUT2D eigenvalue weighted by Crippen LogP contribution is 2.44. The molecule has 2 aromatic heterocycles. The van der Waals surface area contributed by atoms with Gasteiger partial charge in [-0.2, -0.15) is 0 Å². The molecule has 6 rings (SSSR count). The monoisotopic (exact) mass is 531 g/mol. The number of anilines is 2. The van der Waals surface area contributed by atoms with Crippen LogP contribution in [0.4, 0.5) is 10.7 Å². The molecule has 0 saturated heterocycles. The van der Waals surface area contributed by atoms with E-state index in [2.05, 4.69) is 5.32 Å². The van der Waals surface area contributed by atoms with Crippen molar-refractivity contribution < 1.29 is 4.79 Å². The van der Waals surface area contributed by atoms with E-state index in [9.17, 15) is 9.59 Å². The van der Waals surface area contributed by atoms with Gasteiger partial charge in [-0.3, -0.25) is 14.2 Å². The molecule has 0 unspecified atom stereocenters. The molecule has 0 fully saturated rings. The molecule has 0 saturated carbocycles. The molecule has 5 aromatic rings. The van der Waals surface area contributed by atoms with E-state index in [4.69, 9.17) is 28.2 Å². The third-order valence-corrected chi connectivity index (χ3v) is 7.93. The number of halogens is 2. The smallest absolute Gasteiger partial charge is 0.266 e. The van der Waals surface area contributed by atoms with Crippen molar-refractivity contribution in [2.75, 3.05) is 5.32 Å². The predicted octanol–water partition coefficient (Wildman–Crippen LogP) is 7.68. The van der Waals surface area contributed by atoms with Crippen molar-refractivity contribution in [1.82, 2.24) is 9.55 Å². The van der Waals surface area contributed by atoms with Crippen molar-refractivity contribution >= 4 is 61.9 Å². The number of benzene rings is 3. The van der Waals surface area contributed by atoms with Gasteiger partial charge in [-0.05, 0) is 79.1 Å². The molecule has 0 bridgehead atoms. The first-order valence-electron chi connectivity index (χ1n) is 11.5. The highest BCUT2D eigenvalue weighted by atomic mass is 35.5. The SMILES string of the molecule is O=C1CCCc2c(-c3nc4ccccc4c(=O)n3-c3ccc(Cl)cc3)sc(Nc3ccc(Cl)cc3)c21. The summed E-state index contributed by atoms with van der Waals surface area (Å²) in [6.45, 7) is 0. The normalized spacial score (nSPS) is 13.1. The maximum atomic E-state index is 13.8. The van der Waals surface area contributed by atoms with E-state index in [1.54, 1.807) is 34.9 Å². The maximum Gasteiger partial charge on any atom is 0.266 e. The number of nitrogens with zero attached hydrogens (tertiary/aromatic N) is 2. The van der Waals surface area contributed by atoms with E-state index in [1.807, 2.05) is 42.5 Å². The lowest BCUT2D eigenvalue weighted by atomic mass is 9.91. The summed E-state index contributed by atoms with van der Waals surface area (Å²) in [5, 5.41) is 5.89. The fourth-order valence-corrected chi connectivity index (χ4v) is 6.12. The zero-order valence-corrected chi connectivity index (χ0v) is 21.3. The van der Waals surface area contributed by atoms with E-state index in [1.165, 1.54) is 11.3 Å². The molecular weight excluding hydrogens is 513 g/mol. The van der Waals surface area contributed by atoms with E-state index in [0.717, 1.165) is 34.0 Å². The minimum absolute atomic E-state index is 0.0939. The summed E-state index contributed by atoms with van der Waals surface area (Å²) in [4.78, 5) is 32.6. The van der Waals surface area contributed by atoms with Crippen LogP contribution in [0.15, 0.2) is 77.6 Å². The topological polar surface area (TPSA) is 64.0 Å². The number of para-hydroxylation sites is 1. The van der Waals surface area contributed by atoms with Gasteiger partial charge in [-0.25, -0.2) is 4.98 Å². The molecule has 0 amide bonds. The second kappa shape index (κ2) is 9.21. The van der Waals surface area contributed by atoms with Gasteiger partial charge in [0.05, 0.1) is 27.0 Å². The summed E-state index contributed by atoms with van der Waals surface area (Å²) in [5.74, 6) is 0.609. The van der Waals surface area contributed by atoms with Crippen LogP contribution in [0.25, 0.3) is 27.3 Å². The first-order valence-corrected chi connectivity index (χ1v) is 13.1. The Bertz CT molecular complexity index is 1690. The van der Waals surface area contributed by atoms with Crippen molar-refractivity contribution in [3.63, 3.8) is 0 Å². The summed E-state index contributed by atoms with van der Waals surface area (Å²) in [6.07, 6.45) is 1.99. The summed E-state index contributed by atoms with van der Waals surface area (Å²) in [5.41, 5.74) is 3.54. The van der Waals surface area contributed by atoms with Gasteiger partial charge in [0, 0.05) is 22.2 Å². The molecule has 1 aliphatic carbocycles. The zero-order chi connectivity index (χ0) is 24.8. The molecule has 5 nitrogen and oxygen atoms in total. The van der Waals surface area contributed by atoms with Gasteiger partial charge in [-0.15, -0.1) is 11.3 Å². The second-order valence-corrected chi connectivity index (χ2v) is 10.5. The molecular formula is C28H19Cl2N3O2S. The standard InChI is InChI=1S/C28H19Cl2N3O2S/c29-16-8-12-18(13-9-16)31-27-24-21(5-3-7-23(24)34)25(36-27)26-32-22-6-2-1-4-20(22)28(35)33(26)19-14-10-17(30)11-15-19/h1-2,4,6,8-15,31H,3,5,7H2. The Morgan fingerprint density at radius 2 is 1.56 bits per heavy atom. The number of aromatic nitrogens is 2. The van der Waals surface area contributed by atoms with Crippen LogP contribution in [0, 0.1) is 0 Å². The van der Waals surface area contributed by atoms with Crippen LogP contribution < -0.4 is 10.9 Å². The lowest BCUT2D eigenvalue weighted by molar-refractivity contribution is 0.0974. The average molecular weight is 532 g/mol. The molecule has 8 heteroatoms. The number of rotatable bonds is 4. The van der Waals surface area contributed by atoms with Crippen molar-refractivity contribution in [2.24, 2.45) is 0 Å². The van der Waals surface area contributed by atoms with Crippen LogP contribution in [-0.4, -0.2) is 15.3 Å². The quantitative estimate of drug-likeness (QED) is 0.258. The van der Waals surface area contributed by atoms with Gasteiger partial charge in [-0.1, -0.05) is 35.3 Å². The Balaban J connectivity index is 1.62. The van der Waals surface area contributed by atoms with Gasteiger partial charge < -0.3 is 5.32 Å². The molecule has 0 spiro atoms. The van der Waals surface area contributed by atoms with Crippen molar-refractivity contribution in [1.29, 1.82) is 0 Å². The van der Waals surface area contributed by atoms with E-state index >= 15 is 0 Å². The van der Waals surface area contributed by atoms with Crippen LogP contribution in [0.2, 0.25) is 10.0 Å². The molecule has 1 aliphatic rings. The van der Waals surface area contributed by atoms with E-state index < -0.39 is 0 Å². The Morgan fingerprint density at radius 1 is 0.861 bits per heavy atom. The number of Topliss-reactive ketones (excluding diaryl/α,β-unsaturated/α-hetero) is 1. The van der Waals surface area contributed by atoms with Crippen LogP contribution in [0.3, 0.4) is 0 Å². The fourth-order valence-electron chi connectivity index (χ4n) is 4.60. The molecule has 1 N–H and O–H groups in total. The minimum Gasteiger partial charge on any atom is -0.347 e. The molecule has 0 radical (unpaired) electrons. The van der Waals surface area contributed by atoms with Gasteiger partial charge in [0.25, 0.3) is 5.56 Å². The number of thiophene rings is 1. The first kappa shape index (κ1) is 23.0. The minimum atomic E-state index is -0.172. The number of nitrogens with one attached hydrogen (secondary N) is 1. The number of fused-ring (bicyclic) bond motifs is 2. The first-order chi connectivity index (χ1) is 17.5. The Kier molecular flexibility index (Phi) is 5.88. The molecule has 36 heavy (non-hydrogen) atoms. The molecule has 3 aromatic carbocycles. The second-order valence-electron chi connectivity index (χ2n) is 8.59. The van der Waals surface area contributed by atoms with Crippen LogP contribution in [0.5, 0.6) is 0 Å². The molecule has 178 valence electrons. The van der Waals surface area contributed by atoms with Crippen LogP contribution in [-0.2, 0) is 6.42 Å². The maximum absolute atomic E-state index is 13.8. The number of hydrogen-bond acceptors (Lipinski definition) is 5. The van der Waals surface area contributed by atoms with Gasteiger partial charge in [0.1, 0.15) is 5.00 Å². The Hall–Kier alpha value is -3.45. The average Bonchev–Trinajstić information content (AvgIpc) is 3.25. The lowest BCUT2D eigenvalue weighted by Gasteiger charge is -2.16. The van der Waals surface area contributed by atoms with Crippen molar-refractivity contribution in [2.45, 2.75) is 19.3 Å². The van der Waals surface area contributed by atoms with E-state index in [-0.39, 0.29) is 11.3 Å². The predicted molar refractivity (Wildman–Crippen MR) is 148 cm³/mol. The highest BCUT2D eigenvalue weighted by Gasteiger charge is 2.30. The van der Waals surface area contributed by atoms with Gasteiger partial charge in [0.15, 0.2) is 11.6 Å². The number of ketones is 1. The Labute approximate surface area is 221 Å².